The molecular weight excluding hydrogens is 248 g/mol. The fraction of sp³-hybridized carbons (Fsp3) is 1.00. The molecule has 0 bridgehead atoms. The third-order valence-electron chi connectivity index (χ3n) is 2.68. The maximum Gasteiger partial charge on any atom is 0.0781 e. The molecule has 4 unspecified atom stereocenters. The molecule has 0 fully saturated rings. The Kier molecular flexibility index (Phi) is 11.5. The lowest BCUT2D eigenvalue weighted by atomic mass is 10.2. The van der Waals surface area contributed by atoms with E-state index in [-0.39, 0.29) is 24.9 Å². The zero-order valence-corrected chi connectivity index (χ0v) is 12.7. The van der Waals surface area contributed by atoms with Crippen molar-refractivity contribution < 1.29 is 24.4 Å². The summed E-state index contributed by atoms with van der Waals surface area (Å²) in [5, 5.41) is 18.4. The van der Waals surface area contributed by atoms with Crippen molar-refractivity contribution in [3.63, 3.8) is 0 Å². The van der Waals surface area contributed by atoms with Gasteiger partial charge in [0.15, 0.2) is 0 Å². The van der Waals surface area contributed by atoms with Crippen LogP contribution < -0.4 is 0 Å². The van der Waals surface area contributed by atoms with Crippen molar-refractivity contribution in [1.82, 2.24) is 0 Å². The van der Waals surface area contributed by atoms with E-state index < -0.39 is 6.10 Å². The van der Waals surface area contributed by atoms with Crippen molar-refractivity contribution in [3.8, 4) is 0 Å². The number of ether oxygens (including phenoxy) is 3. The summed E-state index contributed by atoms with van der Waals surface area (Å²) in [6.07, 6.45) is 1.07. The molecule has 0 aliphatic rings. The Bertz CT molecular complexity index is 200. The Morgan fingerprint density at radius 1 is 0.842 bits per heavy atom. The van der Waals surface area contributed by atoms with Crippen LogP contribution in [0.4, 0.5) is 0 Å². The van der Waals surface area contributed by atoms with E-state index in [1.807, 2.05) is 27.7 Å². The fourth-order valence-corrected chi connectivity index (χ4v) is 1.44. The highest BCUT2D eigenvalue weighted by Gasteiger charge is 2.11. The lowest BCUT2D eigenvalue weighted by Crippen LogP contribution is -2.27. The van der Waals surface area contributed by atoms with Gasteiger partial charge in [-0.15, -0.1) is 0 Å². The Hall–Kier alpha value is -0.200. The first-order valence-electron chi connectivity index (χ1n) is 7.13. The van der Waals surface area contributed by atoms with E-state index in [9.17, 15) is 5.11 Å². The Labute approximate surface area is 116 Å². The van der Waals surface area contributed by atoms with Gasteiger partial charge in [0.1, 0.15) is 0 Å². The number of rotatable bonds is 12. The topological polar surface area (TPSA) is 68.2 Å². The van der Waals surface area contributed by atoms with Crippen molar-refractivity contribution in [2.45, 2.75) is 65.0 Å². The molecule has 0 saturated carbocycles. The highest BCUT2D eigenvalue weighted by molar-refractivity contribution is 4.57. The molecule has 0 amide bonds. The number of aliphatic hydroxyl groups is 2. The SMILES string of the molecule is CCCC(O)COC(C)COC(C)COC(C)CO. The van der Waals surface area contributed by atoms with E-state index in [2.05, 4.69) is 0 Å². The summed E-state index contributed by atoms with van der Waals surface area (Å²) in [6, 6.07) is 0. The van der Waals surface area contributed by atoms with Gasteiger partial charge in [-0.2, -0.15) is 0 Å². The van der Waals surface area contributed by atoms with Gasteiger partial charge in [-0.3, -0.25) is 0 Å². The molecule has 0 aromatic rings. The lowest BCUT2D eigenvalue weighted by molar-refractivity contribution is -0.0843. The standard InChI is InChI=1S/C14H30O5/c1-5-6-14(16)10-19-13(4)9-18-12(3)8-17-11(2)7-15/h11-16H,5-10H2,1-4H3. The second kappa shape index (κ2) is 11.6. The van der Waals surface area contributed by atoms with Crippen LogP contribution in [0.15, 0.2) is 0 Å². The van der Waals surface area contributed by atoms with Gasteiger partial charge >= 0.3 is 0 Å². The minimum absolute atomic E-state index is 0.0154. The normalized spacial score (nSPS) is 18.0. The summed E-state index contributed by atoms with van der Waals surface area (Å²) in [5.41, 5.74) is 0. The maximum atomic E-state index is 9.54. The van der Waals surface area contributed by atoms with E-state index in [0.717, 1.165) is 12.8 Å². The molecular formula is C14H30O5. The second-order valence-corrected chi connectivity index (χ2v) is 5.06. The summed E-state index contributed by atoms with van der Waals surface area (Å²) in [7, 11) is 0. The monoisotopic (exact) mass is 278 g/mol. The van der Waals surface area contributed by atoms with E-state index in [4.69, 9.17) is 19.3 Å². The zero-order chi connectivity index (χ0) is 14.7. The minimum Gasteiger partial charge on any atom is -0.394 e. The molecule has 0 aliphatic heterocycles. The van der Waals surface area contributed by atoms with Gasteiger partial charge < -0.3 is 24.4 Å². The fourth-order valence-electron chi connectivity index (χ4n) is 1.44. The Morgan fingerprint density at radius 3 is 1.79 bits per heavy atom. The highest BCUT2D eigenvalue weighted by Crippen LogP contribution is 2.02. The number of hydrogen-bond acceptors (Lipinski definition) is 5. The quantitative estimate of drug-likeness (QED) is 0.564. The summed E-state index contributed by atoms with van der Waals surface area (Å²) in [4.78, 5) is 0. The van der Waals surface area contributed by atoms with Crippen LogP contribution in [0, 0.1) is 0 Å². The predicted molar refractivity (Wildman–Crippen MR) is 74.2 cm³/mol. The molecule has 0 aliphatic carbocycles. The molecule has 5 heteroatoms. The van der Waals surface area contributed by atoms with Gasteiger partial charge in [-0.25, -0.2) is 0 Å². The summed E-state index contributed by atoms with van der Waals surface area (Å²) in [6.45, 7) is 8.97. The molecule has 0 aromatic heterocycles. The Morgan fingerprint density at radius 2 is 1.32 bits per heavy atom. The van der Waals surface area contributed by atoms with Crippen LogP contribution in [0.25, 0.3) is 0 Å². The van der Waals surface area contributed by atoms with Crippen molar-refractivity contribution >= 4 is 0 Å². The molecule has 19 heavy (non-hydrogen) atoms. The molecule has 0 saturated heterocycles. The van der Waals surface area contributed by atoms with Gasteiger partial charge in [0.2, 0.25) is 0 Å². The number of hydrogen-bond donors (Lipinski definition) is 2. The van der Waals surface area contributed by atoms with Crippen LogP contribution in [0.5, 0.6) is 0 Å². The van der Waals surface area contributed by atoms with Crippen LogP contribution in [0.1, 0.15) is 40.5 Å². The largest absolute Gasteiger partial charge is 0.394 e. The Balaban J connectivity index is 3.57. The summed E-state index contributed by atoms with van der Waals surface area (Å²) < 4.78 is 16.4. The summed E-state index contributed by atoms with van der Waals surface area (Å²) >= 11 is 0. The lowest BCUT2D eigenvalue weighted by Gasteiger charge is -2.20. The van der Waals surface area contributed by atoms with Crippen LogP contribution in [0.2, 0.25) is 0 Å². The third-order valence-corrected chi connectivity index (χ3v) is 2.68. The molecule has 0 spiro atoms. The van der Waals surface area contributed by atoms with E-state index >= 15 is 0 Å². The smallest absolute Gasteiger partial charge is 0.0781 e. The van der Waals surface area contributed by atoms with Crippen molar-refractivity contribution in [3.05, 3.63) is 0 Å². The van der Waals surface area contributed by atoms with Crippen LogP contribution in [-0.2, 0) is 14.2 Å². The molecule has 0 radical (unpaired) electrons. The van der Waals surface area contributed by atoms with E-state index in [1.54, 1.807) is 0 Å². The predicted octanol–water partition coefficient (Wildman–Crippen LogP) is 1.35. The first-order valence-corrected chi connectivity index (χ1v) is 7.13. The van der Waals surface area contributed by atoms with E-state index in [1.165, 1.54) is 0 Å². The molecule has 2 N–H and O–H groups in total. The van der Waals surface area contributed by atoms with Gasteiger partial charge in [0, 0.05) is 0 Å². The van der Waals surface area contributed by atoms with Crippen molar-refractivity contribution in [2.24, 2.45) is 0 Å². The first kappa shape index (κ1) is 18.8. The average molecular weight is 278 g/mol. The third kappa shape index (κ3) is 11.3. The maximum absolute atomic E-state index is 9.54. The van der Waals surface area contributed by atoms with Crippen LogP contribution in [-0.4, -0.2) is 61.1 Å². The highest BCUT2D eigenvalue weighted by atomic mass is 16.6. The zero-order valence-electron chi connectivity index (χ0n) is 12.7. The molecule has 0 rings (SSSR count). The second-order valence-electron chi connectivity index (χ2n) is 5.06. The molecule has 0 heterocycles. The molecule has 116 valence electrons. The van der Waals surface area contributed by atoms with Gasteiger partial charge in [-0.1, -0.05) is 13.3 Å². The van der Waals surface area contributed by atoms with Gasteiger partial charge in [-0.05, 0) is 27.2 Å². The molecule has 0 aromatic carbocycles. The van der Waals surface area contributed by atoms with Crippen molar-refractivity contribution in [1.29, 1.82) is 0 Å². The average Bonchev–Trinajstić information content (AvgIpc) is 2.40. The van der Waals surface area contributed by atoms with E-state index in [0.29, 0.717) is 19.8 Å². The molecule has 4 atom stereocenters. The summed E-state index contributed by atoms with van der Waals surface area (Å²) in [5.74, 6) is 0. The number of aliphatic hydroxyl groups excluding tert-OH is 2. The van der Waals surface area contributed by atoms with Crippen molar-refractivity contribution in [2.75, 3.05) is 26.4 Å². The van der Waals surface area contributed by atoms with Gasteiger partial charge in [0.05, 0.1) is 50.8 Å². The van der Waals surface area contributed by atoms with Crippen LogP contribution in [0.3, 0.4) is 0 Å². The van der Waals surface area contributed by atoms with Crippen LogP contribution >= 0.6 is 0 Å². The molecule has 5 nitrogen and oxygen atoms in total. The minimum atomic E-state index is -0.390. The first-order chi connectivity index (χ1) is 8.99. The van der Waals surface area contributed by atoms with Gasteiger partial charge in [0.25, 0.3) is 0 Å².